The molecule has 0 heterocycles. The summed E-state index contributed by atoms with van der Waals surface area (Å²) in [7, 11) is 1.21. The molecule has 0 aliphatic rings. The Morgan fingerprint density at radius 3 is 1.08 bits per heavy atom. The lowest BCUT2D eigenvalue weighted by Crippen LogP contribution is -2.47. The lowest BCUT2D eigenvalue weighted by Gasteiger charge is -2.30. The van der Waals surface area contributed by atoms with Gasteiger partial charge in [-0.2, -0.15) is 0 Å². The Morgan fingerprint density at radius 1 is 0.447 bits per heavy atom. The predicted octanol–water partition coefficient (Wildman–Crippen LogP) is 20.1. The summed E-state index contributed by atoms with van der Waals surface area (Å²) in [5, 5.41) is 3.04. The van der Waals surface area contributed by atoms with E-state index in [1.165, 1.54) is 257 Å². The number of esters is 1. The van der Waals surface area contributed by atoms with Gasteiger partial charge in [-0.3, -0.25) is 14.2 Å². The second-order valence-electron chi connectivity index (χ2n) is 24.3. The fraction of sp³-hybridized carbons (Fsp3) is 0.939. The van der Waals surface area contributed by atoms with Crippen LogP contribution in [-0.4, -0.2) is 69.4 Å². The van der Waals surface area contributed by atoms with Gasteiger partial charge in [-0.05, 0) is 31.8 Å². The van der Waals surface area contributed by atoms with E-state index >= 15 is 0 Å². The molecule has 0 bridgehead atoms. The number of hydrogen-bond donors (Lipinski definition) is 1. The van der Waals surface area contributed by atoms with Crippen molar-refractivity contribution in [3.05, 3.63) is 12.2 Å². The molecule has 452 valence electrons. The van der Waals surface area contributed by atoms with Crippen LogP contribution < -0.4 is 10.2 Å². The van der Waals surface area contributed by atoms with Gasteiger partial charge in [-0.1, -0.05) is 316 Å². The number of carbonyl (C=O) groups excluding carboxylic acids is 2. The van der Waals surface area contributed by atoms with Crippen molar-refractivity contribution in [3.63, 3.8) is 0 Å². The molecule has 0 aliphatic carbocycles. The van der Waals surface area contributed by atoms with Crippen LogP contribution >= 0.6 is 7.82 Å². The molecule has 76 heavy (non-hydrogen) atoms. The monoisotopic (exact) mass is 1090 g/mol. The van der Waals surface area contributed by atoms with E-state index in [4.69, 9.17) is 13.8 Å². The molecule has 3 unspecified atom stereocenters. The van der Waals surface area contributed by atoms with Gasteiger partial charge in [0.25, 0.3) is 7.82 Å². The highest BCUT2D eigenvalue weighted by Gasteiger charge is 2.27. The molecule has 3 atom stereocenters. The molecule has 0 aliphatic heterocycles. The van der Waals surface area contributed by atoms with Gasteiger partial charge < -0.3 is 28.5 Å². The lowest BCUT2D eigenvalue weighted by atomic mass is 10.0. The topological polar surface area (TPSA) is 114 Å². The van der Waals surface area contributed by atoms with Crippen LogP contribution in [0, 0.1) is 0 Å². The zero-order valence-corrected chi connectivity index (χ0v) is 52.6. The highest BCUT2D eigenvalue weighted by Crippen LogP contribution is 2.38. The summed E-state index contributed by atoms with van der Waals surface area (Å²) < 4.78 is 30.4. The normalized spacial score (nSPS) is 13.6. The van der Waals surface area contributed by atoms with E-state index in [0.717, 1.165) is 57.8 Å². The number of unbranched alkanes of at least 4 members (excludes halogenated alkanes) is 46. The largest absolute Gasteiger partial charge is 0.756 e. The van der Waals surface area contributed by atoms with Crippen molar-refractivity contribution in [3.8, 4) is 0 Å². The first-order valence-corrected chi connectivity index (χ1v) is 35.0. The van der Waals surface area contributed by atoms with Crippen LogP contribution in [0.1, 0.15) is 348 Å². The van der Waals surface area contributed by atoms with Crippen molar-refractivity contribution >= 4 is 19.7 Å². The lowest BCUT2D eigenvalue weighted by molar-refractivity contribution is -0.870. The number of carbonyl (C=O) groups is 2. The number of nitrogens with one attached hydrogen (secondary N) is 1. The van der Waals surface area contributed by atoms with Crippen molar-refractivity contribution in [1.82, 2.24) is 5.32 Å². The number of amides is 1. The second-order valence-corrected chi connectivity index (χ2v) is 25.8. The molecule has 0 fully saturated rings. The van der Waals surface area contributed by atoms with Gasteiger partial charge in [-0.25, -0.2) is 0 Å². The maximum atomic E-state index is 13.5. The number of likely N-dealkylation sites (N-methyl/N-ethyl adjacent to an activating group) is 1. The Balaban J connectivity index is 5.14. The van der Waals surface area contributed by atoms with Crippen LogP contribution in [-0.2, 0) is 27.9 Å². The van der Waals surface area contributed by atoms with E-state index in [0.29, 0.717) is 17.4 Å². The number of nitrogens with zero attached hydrogens (tertiary/aromatic N) is 1. The Bertz CT molecular complexity index is 1310. The molecule has 9 nitrogen and oxygen atoms in total. The first-order valence-electron chi connectivity index (χ1n) is 33.5. The average molecular weight is 1100 g/mol. The fourth-order valence-corrected chi connectivity index (χ4v) is 11.0. The molecule has 1 N–H and O–H groups in total. The first-order chi connectivity index (χ1) is 36.9. The molecule has 0 radical (unpaired) electrons. The molecule has 0 aromatic heterocycles. The SMILES string of the molecule is CCCCCCCCCCCCC/C=C/C(OC(=O)CCCCCCCCCCCCCCCCCCCCCCC)C(COP(=O)([O-])OCC[N+](C)(C)C)NC(=O)CCCCCCCCCCCCCCCCCC. The molecule has 10 heteroatoms. The van der Waals surface area contributed by atoms with E-state index in [9.17, 15) is 19.0 Å². The van der Waals surface area contributed by atoms with E-state index in [1.807, 2.05) is 33.3 Å². The Kier molecular flexibility index (Phi) is 56.1. The van der Waals surface area contributed by atoms with Crippen molar-refractivity contribution < 1.29 is 37.3 Å². The van der Waals surface area contributed by atoms with Crippen molar-refractivity contribution in [1.29, 1.82) is 0 Å². The van der Waals surface area contributed by atoms with Crippen molar-refractivity contribution in [2.45, 2.75) is 360 Å². The molecule has 0 aromatic rings. The molecule has 0 aromatic carbocycles. The maximum absolute atomic E-state index is 13.5. The number of phosphoric ester groups is 1. The van der Waals surface area contributed by atoms with Crippen LogP contribution in [0.3, 0.4) is 0 Å². The van der Waals surface area contributed by atoms with Gasteiger partial charge in [0, 0.05) is 12.8 Å². The minimum Gasteiger partial charge on any atom is -0.756 e. The van der Waals surface area contributed by atoms with Crippen molar-refractivity contribution in [2.75, 3.05) is 40.9 Å². The van der Waals surface area contributed by atoms with Crippen LogP contribution in [0.15, 0.2) is 12.2 Å². The quantitative estimate of drug-likeness (QED) is 0.0212. The van der Waals surface area contributed by atoms with Gasteiger partial charge >= 0.3 is 5.97 Å². The van der Waals surface area contributed by atoms with E-state index < -0.39 is 20.0 Å². The molecular formula is C66H131N2O7P. The van der Waals surface area contributed by atoms with Crippen molar-refractivity contribution in [2.24, 2.45) is 0 Å². The fourth-order valence-electron chi connectivity index (χ4n) is 10.3. The molecule has 1 amide bonds. The minimum absolute atomic E-state index is 0.0165. The van der Waals surface area contributed by atoms with Crippen LogP contribution in [0.2, 0.25) is 0 Å². The van der Waals surface area contributed by atoms with E-state index in [1.54, 1.807) is 0 Å². The molecule has 0 saturated heterocycles. The highest BCUT2D eigenvalue weighted by atomic mass is 31.2. The van der Waals surface area contributed by atoms with E-state index in [2.05, 4.69) is 26.1 Å². The average Bonchev–Trinajstić information content (AvgIpc) is 3.38. The summed E-state index contributed by atoms with van der Waals surface area (Å²) >= 11 is 0. The van der Waals surface area contributed by atoms with Gasteiger partial charge in [0.2, 0.25) is 5.91 Å². The second kappa shape index (κ2) is 57.0. The number of quaternary nitrogens is 1. The number of ether oxygens (including phenoxy) is 1. The highest BCUT2D eigenvalue weighted by molar-refractivity contribution is 7.45. The summed E-state index contributed by atoms with van der Waals surface area (Å²) in [4.78, 5) is 40.1. The maximum Gasteiger partial charge on any atom is 0.306 e. The zero-order valence-electron chi connectivity index (χ0n) is 51.7. The van der Waals surface area contributed by atoms with E-state index in [-0.39, 0.29) is 31.5 Å². The predicted molar refractivity (Wildman–Crippen MR) is 326 cm³/mol. The third-order valence-electron chi connectivity index (χ3n) is 15.5. The Labute approximate surface area is 473 Å². The first kappa shape index (κ1) is 74.8. The minimum atomic E-state index is -4.69. The third-order valence-corrected chi connectivity index (χ3v) is 16.4. The summed E-state index contributed by atoms with van der Waals surface area (Å²) in [6.07, 6.45) is 66.1. The molecule has 0 saturated carbocycles. The summed E-state index contributed by atoms with van der Waals surface area (Å²) in [6, 6.07) is -0.880. The number of rotatable bonds is 62. The summed E-state index contributed by atoms with van der Waals surface area (Å²) in [6.45, 7) is 6.91. The van der Waals surface area contributed by atoms with Crippen LogP contribution in [0.5, 0.6) is 0 Å². The third kappa shape index (κ3) is 57.4. The number of allylic oxidation sites excluding steroid dienone is 1. The Hall–Kier alpha value is -1.25. The van der Waals surface area contributed by atoms with Gasteiger partial charge in [0.1, 0.15) is 19.3 Å². The molecule has 0 spiro atoms. The Morgan fingerprint density at radius 2 is 0.750 bits per heavy atom. The molecule has 0 rings (SSSR count). The van der Waals surface area contributed by atoms with Gasteiger partial charge in [-0.15, -0.1) is 0 Å². The standard InChI is InChI=1S/C66H131N2O7P/c1-7-10-13-16-19-22-25-28-30-32-33-34-35-36-38-41-44-47-50-53-56-59-66(70)75-64(57-54-51-48-45-42-39-27-24-21-18-15-12-9-3)63(62-74-76(71,72)73-61-60-68(4,5)6)67-65(69)58-55-52-49-46-43-40-37-31-29-26-23-20-17-14-11-8-2/h54,57,63-64H,7-53,55-56,58-62H2,1-6H3,(H-,67,69,71,72)/b57-54+. The smallest absolute Gasteiger partial charge is 0.306 e. The number of hydrogen-bond acceptors (Lipinski definition) is 7. The van der Waals surface area contributed by atoms with Gasteiger partial charge in [0.15, 0.2) is 0 Å². The van der Waals surface area contributed by atoms with Crippen LogP contribution in [0.25, 0.3) is 0 Å². The zero-order chi connectivity index (χ0) is 55.7. The summed E-state index contributed by atoms with van der Waals surface area (Å²) in [5.74, 6) is -0.515. The summed E-state index contributed by atoms with van der Waals surface area (Å²) in [5.41, 5.74) is 0. The van der Waals surface area contributed by atoms with Gasteiger partial charge in [0.05, 0.1) is 33.8 Å². The molecular weight excluding hydrogens is 964 g/mol. The number of phosphoric acid groups is 1. The van der Waals surface area contributed by atoms with Crippen LogP contribution in [0.4, 0.5) is 0 Å².